The van der Waals surface area contributed by atoms with E-state index in [0.29, 0.717) is 12.8 Å². The summed E-state index contributed by atoms with van der Waals surface area (Å²) < 4.78 is 25.7. The highest BCUT2D eigenvalue weighted by molar-refractivity contribution is 7.89. The molecule has 1 atom stereocenters. The molecule has 1 N–H and O–H groups in total. The van der Waals surface area contributed by atoms with Crippen LogP contribution in [0, 0.1) is 12.3 Å². The van der Waals surface area contributed by atoms with Crippen molar-refractivity contribution in [2.75, 3.05) is 5.75 Å². The lowest BCUT2D eigenvalue weighted by Crippen LogP contribution is -2.36. The Hall–Kier alpha value is -1.31. The van der Waals surface area contributed by atoms with Crippen LogP contribution in [0.25, 0.3) is 0 Å². The molecular weight excluding hydrogens is 234 g/mol. The second-order valence-electron chi connectivity index (χ2n) is 3.85. The Morgan fingerprint density at radius 1 is 1.35 bits per heavy atom. The zero-order valence-electron chi connectivity index (χ0n) is 9.89. The lowest BCUT2D eigenvalue weighted by atomic mass is 10.1. The van der Waals surface area contributed by atoms with Crippen molar-refractivity contribution >= 4 is 10.0 Å². The van der Waals surface area contributed by atoms with Crippen molar-refractivity contribution in [3.8, 4) is 12.3 Å². The second kappa shape index (κ2) is 6.43. The maximum absolute atomic E-state index is 11.6. The molecule has 0 spiro atoms. The Labute approximate surface area is 103 Å². The summed E-state index contributed by atoms with van der Waals surface area (Å²) in [6, 6.07) is 9.10. The number of hydrogen-bond acceptors (Lipinski definition) is 2. The highest BCUT2D eigenvalue weighted by Crippen LogP contribution is 2.04. The van der Waals surface area contributed by atoms with E-state index in [4.69, 9.17) is 6.42 Å². The zero-order chi connectivity index (χ0) is 12.7. The fourth-order valence-electron chi connectivity index (χ4n) is 1.53. The minimum absolute atomic E-state index is 0.111. The predicted molar refractivity (Wildman–Crippen MR) is 70.0 cm³/mol. The molecule has 1 aromatic carbocycles. The number of rotatable bonds is 6. The smallest absolute Gasteiger partial charge is 0.212 e. The minimum atomic E-state index is -3.26. The standard InChI is InChI=1S/C13H17NO2S/c1-3-10-17(15,16)14-13(4-2)11-12-8-6-5-7-9-12/h2,5-9,13-14H,3,10-11H2,1H3/t13-/m1/s1. The van der Waals surface area contributed by atoms with Crippen molar-refractivity contribution in [1.82, 2.24) is 4.72 Å². The van der Waals surface area contributed by atoms with Gasteiger partial charge in [0.15, 0.2) is 0 Å². The molecule has 17 heavy (non-hydrogen) atoms. The molecule has 0 heterocycles. The van der Waals surface area contributed by atoms with E-state index in [9.17, 15) is 8.42 Å². The Morgan fingerprint density at radius 2 is 2.00 bits per heavy atom. The Bertz CT molecular complexity index is 474. The van der Waals surface area contributed by atoms with Crippen LogP contribution in [-0.2, 0) is 16.4 Å². The first kappa shape index (κ1) is 13.8. The molecule has 4 heteroatoms. The molecule has 0 amide bonds. The third kappa shape index (κ3) is 5.03. The van der Waals surface area contributed by atoms with Gasteiger partial charge in [-0.2, -0.15) is 0 Å². The molecule has 1 aromatic rings. The first-order valence-electron chi connectivity index (χ1n) is 5.57. The summed E-state index contributed by atoms with van der Waals surface area (Å²) in [6.45, 7) is 1.82. The van der Waals surface area contributed by atoms with Gasteiger partial charge in [0.1, 0.15) is 0 Å². The largest absolute Gasteiger partial charge is 0.212 e. The highest BCUT2D eigenvalue weighted by Gasteiger charge is 2.15. The summed E-state index contributed by atoms with van der Waals surface area (Å²) in [7, 11) is -3.26. The molecule has 0 fully saturated rings. The van der Waals surface area contributed by atoms with E-state index >= 15 is 0 Å². The summed E-state index contributed by atoms with van der Waals surface area (Å²) in [4.78, 5) is 0. The average molecular weight is 251 g/mol. The second-order valence-corrected chi connectivity index (χ2v) is 5.72. The zero-order valence-corrected chi connectivity index (χ0v) is 10.7. The van der Waals surface area contributed by atoms with Crippen molar-refractivity contribution in [2.24, 2.45) is 0 Å². The van der Waals surface area contributed by atoms with E-state index in [2.05, 4.69) is 10.6 Å². The van der Waals surface area contributed by atoms with Crippen LogP contribution in [0.1, 0.15) is 18.9 Å². The highest BCUT2D eigenvalue weighted by atomic mass is 32.2. The third-order valence-electron chi connectivity index (χ3n) is 2.28. The van der Waals surface area contributed by atoms with E-state index in [1.165, 1.54) is 0 Å². The molecule has 3 nitrogen and oxygen atoms in total. The molecule has 0 saturated heterocycles. The summed E-state index contributed by atoms with van der Waals surface area (Å²) in [5.74, 6) is 2.59. The van der Waals surface area contributed by atoms with E-state index in [1.54, 1.807) is 0 Å². The van der Waals surface area contributed by atoms with Gasteiger partial charge in [0, 0.05) is 0 Å². The summed E-state index contributed by atoms with van der Waals surface area (Å²) >= 11 is 0. The van der Waals surface area contributed by atoms with Gasteiger partial charge in [-0.3, -0.25) is 0 Å². The maximum atomic E-state index is 11.6. The third-order valence-corrected chi connectivity index (χ3v) is 3.87. The van der Waals surface area contributed by atoms with Gasteiger partial charge < -0.3 is 0 Å². The first-order chi connectivity index (χ1) is 8.07. The number of sulfonamides is 1. The molecule has 0 aromatic heterocycles. The summed E-state index contributed by atoms with van der Waals surface area (Å²) in [5.41, 5.74) is 1.02. The maximum Gasteiger partial charge on any atom is 0.212 e. The fourth-order valence-corrected chi connectivity index (χ4v) is 2.77. The Balaban J connectivity index is 2.66. The van der Waals surface area contributed by atoms with Crippen LogP contribution in [-0.4, -0.2) is 20.2 Å². The molecular formula is C13H17NO2S. The lowest BCUT2D eigenvalue weighted by Gasteiger charge is -2.13. The summed E-state index contributed by atoms with van der Waals surface area (Å²) in [6.07, 6.45) is 6.44. The van der Waals surface area contributed by atoms with Gasteiger partial charge in [-0.25, -0.2) is 13.1 Å². The molecule has 0 bridgehead atoms. The van der Waals surface area contributed by atoms with Gasteiger partial charge in [0.25, 0.3) is 0 Å². The minimum Gasteiger partial charge on any atom is -0.212 e. The topological polar surface area (TPSA) is 46.2 Å². The van der Waals surface area contributed by atoms with Gasteiger partial charge in [0.05, 0.1) is 11.8 Å². The molecule has 0 aliphatic rings. The Morgan fingerprint density at radius 3 is 2.53 bits per heavy atom. The van der Waals surface area contributed by atoms with E-state index < -0.39 is 16.1 Å². The van der Waals surface area contributed by atoms with Crippen molar-refractivity contribution in [3.63, 3.8) is 0 Å². The van der Waals surface area contributed by atoms with E-state index in [0.717, 1.165) is 5.56 Å². The van der Waals surface area contributed by atoms with Crippen molar-refractivity contribution in [1.29, 1.82) is 0 Å². The quantitative estimate of drug-likeness (QED) is 0.780. The molecule has 92 valence electrons. The van der Waals surface area contributed by atoms with E-state index in [1.807, 2.05) is 37.3 Å². The molecule has 1 rings (SSSR count). The van der Waals surface area contributed by atoms with Gasteiger partial charge in [0.2, 0.25) is 10.0 Å². The number of benzene rings is 1. The molecule has 0 saturated carbocycles. The van der Waals surface area contributed by atoms with Crippen LogP contribution in [0.4, 0.5) is 0 Å². The molecule has 0 radical (unpaired) electrons. The molecule has 0 aliphatic carbocycles. The van der Waals surface area contributed by atoms with Crippen LogP contribution in [0.2, 0.25) is 0 Å². The van der Waals surface area contributed by atoms with Gasteiger partial charge in [-0.15, -0.1) is 6.42 Å². The number of hydrogen-bond donors (Lipinski definition) is 1. The lowest BCUT2D eigenvalue weighted by molar-refractivity contribution is 0.571. The van der Waals surface area contributed by atoms with Crippen molar-refractivity contribution in [3.05, 3.63) is 35.9 Å². The van der Waals surface area contributed by atoms with Gasteiger partial charge in [-0.1, -0.05) is 43.2 Å². The average Bonchev–Trinajstić information content (AvgIpc) is 2.29. The predicted octanol–water partition coefficient (Wildman–Crippen LogP) is 1.56. The normalized spacial score (nSPS) is 12.9. The monoisotopic (exact) mass is 251 g/mol. The Kier molecular flexibility index (Phi) is 5.20. The van der Waals surface area contributed by atoms with Gasteiger partial charge >= 0.3 is 0 Å². The van der Waals surface area contributed by atoms with Gasteiger partial charge in [-0.05, 0) is 18.4 Å². The van der Waals surface area contributed by atoms with Crippen LogP contribution >= 0.6 is 0 Å². The van der Waals surface area contributed by atoms with Crippen molar-refractivity contribution < 1.29 is 8.42 Å². The van der Waals surface area contributed by atoms with Crippen LogP contribution < -0.4 is 4.72 Å². The molecule has 0 unspecified atom stereocenters. The number of terminal acetylenes is 1. The van der Waals surface area contributed by atoms with Crippen LogP contribution in [0.15, 0.2) is 30.3 Å². The fraction of sp³-hybridized carbons (Fsp3) is 0.385. The SMILES string of the molecule is C#C[C@H](Cc1ccccc1)NS(=O)(=O)CCC. The van der Waals surface area contributed by atoms with E-state index in [-0.39, 0.29) is 5.75 Å². The van der Waals surface area contributed by atoms with Crippen LogP contribution in [0.5, 0.6) is 0 Å². The summed E-state index contributed by atoms with van der Waals surface area (Å²) in [5, 5.41) is 0. The van der Waals surface area contributed by atoms with Crippen molar-refractivity contribution in [2.45, 2.75) is 25.8 Å². The molecule has 0 aliphatic heterocycles. The van der Waals surface area contributed by atoms with Crippen LogP contribution in [0.3, 0.4) is 0 Å². The number of nitrogens with one attached hydrogen (secondary N) is 1. The first-order valence-corrected chi connectivity index (χ1v) is 7.22.